The summed E-state index contributed by atoms with van der Waals surface area (Å²) < 4.78 is 17.0. The predicted molar refractivity (Wildman–Crippen MR) is 80.1 cm³/mol. The Bertz CT molecular complexity index is 488. The van der Waals surface area contributed by atoms with Crippen LogP contribution in [0, 0.1) is 5.41 Å². The quantitative estimate of drug-likeness (QED) is 0.827. The van der Waals surface area contributed by atoms with Crippen molar-refractivity contribution in [1.82, 2.24) is 5.32 Å². The zero-order valence-corrected chi connectivity index (χ0v) is 13.3. The number of halogens is 1. The highest BCUT2D eigenvalue weighted by Crippen LogP contribution is 2.48. The minimum absolute atomic E-state index is 0.310. The van der Waals surface area contributed by atoms with Gasteiger partial charge in [-0.05, 0) is 58.3 Å². The van der Waals surface area contributed by atoms with Crippen LogP contribution in [0.5, 0.6) is 11.5 Å². The van der Waals surface area contributed by atoms with Crippen molar-refractivity contribution in [2.45, 2.75) is 25.8 Å². The van der Waals surface area contributed by atoms with E-state index in [0.29, 0.717) is 12.2 Å². The maximum atomic E-state index is 5.44. The Balaban J connectivity index is 1.53. The summed E-state index contributed by atoms with van der Waals surface area (Å²) in [6, 6.07) is 4.14. The zero-order chi connectivity index (χ0) is 14.0. The molecule has 1 saturated carbocycles. The average Bonchev–Trinajstić information content (AvgIpc) is 3.03. The lowest BCUT2D eigenvalue weighted by atomic mass is 10.0. The molecule has 1 aliphatic heterocycles. The van der Waals surface area contributed by atoms with Gasteiger partial charge in [0.2, 0.25) is 6.79 Å². The molecule has 0 unspecified atom stereocenters. The summed E-state index contributed by atoms with van der Waals surface area (Å²) in [6.45, 7) is 3.08. The maximum Gasteiger partial charge on any atom is 0.231 e. The van der Waals surface area contributed by atoms with Gasteiger partial charge in [-0.25, -0.2) is 0 Å². The Hall–Kier alpha value is -0.780. The lowest BCUT2D eigenvalue weighted by Crippen LogP contribution is -2.24. The molecule has 1 aliphatic carbocycles. The van der Waals surface area contributed by atoms with Crippen molar-refractivity contribution in [3.63, 3.8) is 0 Å². The Morgan fingerprint density at radius 3 is 2.95 bits per heavy atom. The number of hydrogen-bond donors (Lipinski definition) is 1. The molecule has 0 radical (unpaired) electrons. The molecule has 0 aromatic heterocycles. The van der Waals surface area contributed by atoms with E-state index < -0.39 is 0 Å². The summed E-state index contributed by atoms with van der Waals surface area (Å²) in [5, 5.41) is 3.56. The summed E-state index contributed by atoms with van der Waals surface area (Å²) in [7, 11) is 1.77. The first-order chi connectivity index (χ1) is 9.72. The highest BCUT2D eigenvalue weighted by Gasteiger charge is 2.41. The van der Waals surface area contributed by atoms with Gasteiger partial charge in [0.15, 0.2) is 11.5 Å². The molecule has 1 fully saturated rings. The number of ether oxygens (including phenoxy) is 3. The molecule has 0 saturated heterocycles. The molecule has 2 aliphatic rings. The molecule has 3 rings (SSSR count). The van der Waals surface area contributed by atoms with Gasteiger partial charge in [0.1, 0.15) is 0 Å². The molecule has 4 nitrogen and oxygen atoms in total. The lowest BCUT2D eigenvalue weighted by Gasteiger charge is -2.15. The zero-order valence-electron chi connectivity index (χ0n) is 11.7. The smallest absolute Gasteiger partial charge is 0.231 e. The third-order valence-electron chi connectivity index (χ3n) is 4.11. The standard InChI is InChI=1S/C15H20BrNO3/c1-18-5-4-15(2-3-15)9-17-8-11-6-12(16)14-13(7-11)19-10-20-14/h6-7,17H,2-5,8-10H2,1H3. The van der Waals surface area contributed by atoms with E-state index in [1.54, 1.807) is 7.11 Å². The highest BCUT2D eigenvalue weighted by atomic mass is 79.9. The van der Waals surface area contributed by atoms with Crippen LogP contribution < -0.4 is 14.8 Å². The molecule has 1 aromatic rings. The van der Waals surface area contributed by atoms with Crippen LogP contribution in [0.15, 0.2) is 16.6 Å². The Labute approximate surface area is 127 Å². The van der Waals surface area contributed by atoms with Crippen LogP contribution in [0.25, 0.3) is 0 Å². The fraction of sp³-hybridized carbons (Fsp3) is 0.600. The molecule has 0 atom stereocenters. The highest BCUT2D eigenvalue weighted by molar-refractivity contribution is 9.10. The SMILES string of the molecule is COCCC1(CNCc2cc(Br)c3c(c2)OCO3)CC1. The van der Waals surface area contributed by atoms with Crippen LogP contribution in [0.3, 0.4) is 0 Å². The Kier molecular flexibility index (Phi) is 4.19. The fourth-order valence-electron chi connectivity index (χ4n) is 2.61. The van der Waals surface area contributed by atoms with E-state index in [1.807, 2.05) is 0 Å². The van der Waals surface area contributed by atoms with E-state index in [1.165, 1.54) is 18.4 Å². The largest absolute Gasteiger partial charge is 0.454 e. The Morgan fingerprint density at radius 1 is 1.35 bits per heavy atom. The average molecular weight is 342 g/mol. The van der Waals surface area contributed by atoms with Gasteiger partial charge in [-0.1, -0.05) is 0 Å². The topological polar surface area (TPSA) is 39.7 Å². The molecule has 1 N–H and O–H groups in total. The van der Waals surface area contributed by atoms with Crippen molar-refractivity contribution < 1.29 is 14.2 Å². The van der Waals surface area contributed by atoms with E-state index >= 15 is 0 Å². The summed E-state index contributed by atoms with van der Waals surface area (Å²) in [5.74, 6) is 1.64. The second-order valence-electron chi connectivity index (χ2n) is 5.66. The van der Waals surface area contributed by atoms with Crippen molar-refractivity contribution in [2.24, 2.45) is 5.41 Å². The van der Waals surface area contributed by atoms with E-state index in [4.69, 9.17) is 14.2 Å². The third-order valence-corrected chi connectivity index (χ3v) is 4.70. The molecular weight excluding hydrogens is 322 g/mol. The summed E-state index contributed by atoms with van der Waals surface area (Å²) in [5.41, 5.74) is 1.69. The summed E-state index contributed by atoms with van der Waals surface area (Å²) >= 11 is 3.53. The first kappa shape index (κ1) is 14.2. The van der Waals surface area contributed by atoms with Crippen molar-refractivity contribution in [1.29, 1.82) is 0 Å². The van der Waals surface area contributed by atoms with E-state index in [-0.39, 0.29) is 0 Å². The molecular formula is C15H20BrNO3. The van der Waals surface area contributed by atoms with E-state index in [9.17, 15) is 0 Å². The second-order valence-corrected chi connectivity index (χ2v) is 6.51. The van der Waals surface area contributed by atoms with Gasteiger partial charge in [-0.2, -0.15) is 0 Å². The van der Waals surface area contributed by atoms with Gasteiger partial charge in [0.05, 0.1) is 4.47 Å². The lowest BCUT2D eigenvalue weighted by molar-refractivity contribution is 0.171. The van der Waals surface area contributed by atoms with Gasteiger partial charge >= 0.3 is 0 Å². The number of hydrogen-bond acceptors (Lipinski definition) is 4. The van der Waals surface area contributed by atoms with Crippen LogP contribution in [0.4, 0.5) is 0 Å². The van der Waals surface area contributed by atoms with Crippen molar-refractivity contribution in [2.75, 3.05) is 27.1 Å². The van der Waals surface area contributed by atoms with Crippen LogP contribution in [-0.2, 0) is 11.3 Å². The molecule has 110 valence electrons. The van der Waals surface area contributed by atoms with Crippen LogP contribution in [-0.4, -0.2) is 27.1 Å². The predicted octanol–water partition coefficient (Wildman–Crippen LogP) is 3.08. The Morgan fingerprint density at radius 2 is 2.20 bits per heavy atom. The number of benzene rings is 1. The maximum absolute atomic E-state index is 5.44. The van der Waals surface area contributed by atoms with Crippen molar-refractivity contribution >= 4 is 15.9 Å². The minimum Gasteiger partial charge on any atom is -0.454 e. The molecule has 0 bridgehead atoms. The summed E-state index contributed by atoms with van der Waals surface area (Å²) in [4.78, 5) is 0. The molecule has 1 heterocycles. The van der Waals surface area contributed by atoms with Gasteiger partial charge in [-0.3, -0.25) is 0 Å². The molecule has 0 spiro atoms. The van der Waals surface area contributed by atoms with E-state index in [2.05, 4.69) is 33.4 Å². The molecule has 0 amide bonds. The normalized spacial score (nSPS) is 18.3. The monoisotopic (exact) mass is 341 g/mol. The van der Waals surface area contributed by atoms with E-state index in [0.717, 1.165) is 42.1 Å². The fourth-order valence-corrected chi connectivity index (χ4v) is 3.21. The first-order valence-corrected chi connectivity index (χ1v) is 7.79. The van der Waals surface area contributed by atoms with Crippen LogP contribution in [0.2, 0.25) is 0 Å². The number of methoxy groups -OCH3 is 1. The van der Waals surface area contributed by atoms with Crippen LogP contribution >= 0.6 is 15.9 Å². The number of nitrogens with one attached hydrogen (secondary N) is 1. The molecule has 20 heavy (non-hydrogen) atoms. The van der Waals surface area contributed by atoms with Gasteiger partial charge in [0.25, 0.3) is 0 Å². The molecule has 1 aromatic carbocycles. The van der Waals surface area contributed by atoms with Gasteiger partial charge < -0.3 is 19.5 Å². The minimum atomic E-state index is 0.310. The van der Waals surface area contributed by atoms with Gasteiger partial charge in [-0.15, -0.1) is 0 Å². The van der Waals surface area contributed by atoms with Crippen molar-refractivity contribution in [3.8, 4) is 11.5 Å². The summed E-state index contributed by atoms with van der Waals surface area (Å²) in [6.07, 6.45) is 3.78. The molecule has 5 heteroatoms. The number of fused-ring (bicyclic) bond motifs is 1. The second kappa shape index (κ2) is 5.92. The first-order valence-electron chi connectivity index (χ1n) is 7.00. The van der Waals surface area contributed by atoms with Gasteiger partial charge in [0, 0.05) is 26.8 Å². The van der Waals surface area contributed by atoms with Crippen molar-refractivity contribution in [3.05, 3.63) is 22.2 Å². The number of rotatable bonds is 7. The third kappa shape index (κ3) is 3.10. The van der Waals surface area contributed by atoms with Crippen LogP contribution in [0.1, 0.15) is 24.8 Å².